The molecule has 4 aromatic carbocycles. The van der Waals surface area contributed by atoms with Crippen molar-refractivity contribution in [1.29, 1.82) is 0 Å². The van der Waals surface area contributed by atoms with E-state index in [-0.39, 0.29) is 61.6 Å². The van der Waals surface area contributed by atoms with Crippen LogP contribution >= 0.6 is 46.4 Å². The molecule has 0 radical (unpaired) electrons. The number of aromatic carboxylic acids is 1. The number of fused-ring (bicyclic) bond motifs is 4. The van der Waals surface area contributed by atoms with Gasteiger partial charge in [-0.2, -0.15) is 8.42 Å². The summed E-state index contributed by atoms with van der Waals surface area (Å²) in [5.74, 6) is -0.689. The van der Waals surface area contributed by atoms with Crippen LogP contribution in [0.1, 0.15) is 127 Å². The fraction of sp³-hybridized carbons (Fsp3) is 0.429. The minimum Gasteiger partial charge on any atom is -0.478 e. The molecule has 4 aliphatic carbocycles. The Hall–Kier alpha value is -5.11. The van der Waals surface area contributed by atoms with E-state index < -0.39 is 39.3 Å². The van der Waals surface area contributed by atoms with E-state index in [9.17, 15) is 26.8 Å². The van der Waals surface area contributed by atoms with Gasteiger partial charge in [0.25, 0.3) is 10.1 Å². The molecule has 2 N–H and O–H groups in total. The van der Waals surface area contributed by atoms with Crippen molar-refractivity contribution >= 4 is 79.6 Å². The van der Waals surface area contributed by atoms with E-state index in [1.807, 2.05) is 0 Å². The number of halogens is 6. The highest BCUT2D eigenvalue weighted by Crippen LogP contribution is 2.50. The number of ketones is 1. The number of aromatic nitrogens is 2. The highest BCUT2D eigenvalue weighted by molar-refractivity contribution is 7.85. The monoisotopic (exact) mass is 1150 g/mol. The highest BCUT2D eigenvalue weighted by Gasteiger charge is 2.47. The second kappa shape index (κ2) is 22.6. The molecular formula is C56H56Cl4F2N4O10S. The minimum absolute atomic E-state index is 0. The number of carboxylic acid groups (broad SMARTS) is 1. The Balaban J connectivity index is 0.000000174. The molecule has 14 nitrogen and oxygen atoms in total. The average Bonchev–Trinajstić information content (AvgIpc) is 4.11. The van der Waals surface area contributed by atoms with E-state index in [1.54, 1.807) is 48.5 Å². The summed E-state index contributed by atoms with van der Waals surface area (Å²) in [5, 5.41) is 19.8. The number of hydrogen-bond donors (Lipinski definition) is 2. The van der Waals surface area contributed by atoms with Crippen LogP contribution in [0.25, 0.3) is 22.5 Å². The Kier molecular flexibility index (Phi) is 16.2. The molecule has 2 aromatic heterocycles. The number of anilines is 2. The van der Waals surface area contributed by atoms with Crippen LogP contribution in [0.15, 0.2) is 81.8 Å². The van der Waals surface area contributed by atoms with Crippen LogP contribution in [0.4, 0.5) is 20.2 Å². The van der Waals surface area contributed by atoms with E-state index in [0.717, 1.165) is 80.6 Å². The molecule has 2 aliphatic heterocycles. The Labute approximate surface area is 464 Å². The van der Waals surface area contributed by atoms with E-state index in [1.165, 1.54) is 24.3 Å². The largest absolute Gasteiger partial charge is 0.478 e. The zero-order valence-electron chi connectivity index (χ0n) is 40.8. The second-order valence-electron chi connectivity index (χ2n) is 20.7. The van der Waals surface area contributed by atoms with E-state index in [0.29, 0.717) is 91.5 Å². The van der Waals surface area contributed by atoms with Crippen molar-refractivity contribution in [2.24, 2.45) is 11.8 Å². The molecule has 0 amide bonds. The maximum atomic E-state index is 14.9. The van der Waals surface area contributed by atoms with Gasteiger partial charge in [-0.05, 0) is 118 Å². The maximum Gasteiger partial charge on any atom is 0.338 e. The van der Waals surface area contributed by atoms with Gasteiger partial charge < -0.3 is 33.4 Å². The minimum atomic E-state index is -4.16. The van der Waals surface area contributed by atoms with Crippen molar-refractivity contribution in [3.63, 3.8) is 0 Å². The van der Waals surface area contributed by atoms with Gasteiger partial charge in [0.1, 0.15) is 34.5 Å². The van der Waals surface area contributed by atoms with Crippen LogP contribution in [0.5, 0.6) is 0 Å². The number of hydrogen-bond acceptors (Lipinski definition) is 12. The van der Waals surface area contributed by atoms with E-state index >= 15 is 0 Å². The number of carbonyl (C=O) groups is 2. The Bertz CT molecular complexity index is 3290. The number of nitrogens with zero attached hydrogens (tertiary/aromatic N) is 4. The molecule has 6 aromatic rings. The van der Waals surface area contributed by atoms with Crippen molar-refractivity contribution in [2.45, 2.75) is 121 Å². The van der Waals surface area contributed by atoms with Crippen molar-refractivity contribution in [1.82, 2.24) is 10.3 Å². The molecule has 6 fully saturated rings. The van der Waals surface area contributed by atoms with Crippen molar-refractivity contribution in [2.75, 3.05) is 28.6 Å². The number of benzene rings is 4. The van der Waals surface area contributed by atoms with Crippen LogP contribution < -0.4 is 9.80 Å². The maximum absolute atomic E-state index is 14.9. The third-order valence-corrected chi connectivity index (χ3v) is 17.7. The summed E-state index contributed by atoms with van der Waals surface area (Å²) in [6.45, 7) is 2.15. The SMILES string of the molecule is C.O=C(CCCS(=O)(=O)O)c1ccc(N2C[C@@H]3C[C@H]2C[C@H]3OCc2c(-c3c(Cl)cccc3Cl)noc2C2CC2)cc1F.O=C(O)c1ccc(N2C[C@@H]3C[C@H]2C[C@H]3OCc2c(-c3c(Cl)cccc3Cl)noc2C2CC2)cc1F. The van der Waals surface area contributed by atoms with Gasteiger partial charge in [0.2, 0.25) is 0 Å². The first kappa shape index (κ1) is 55.2. The molecule has 4 bridgehead atoms. The summed E-state index contributed by atoms with van der Waals surface area (Å²) in [6.07, 6.45) is 7.57. The van der Waals surface area contributed by atoms with Crippen LogP contribution in [0.3, 0.4) is 0 Å². The Morgan fingerprint density at radius 2 is 1.09 bits per heavy atom. The van der Waals surface area contributed by atoms with Gasteiger partial charge in [-0.3, -0.25) is 9.35 Å². The van der Waals surface area contributed by atoms with Crippen molar-refractivity contribution in [3.8, 4) is 22.5 Å². The van der Waals surface area contributed by atoms with Crippen molar-refractivity contribution in [3.05, 3.63) is 138 Å². The topological polar surface area (TPSA) is 186 Å². The smallest absolute Gasteiger partial charge is 0.338 e. The Morgan fingerprint density at radius 3 is 1.45 bits per heavy atom. The molecule has 408 valence electrons. The van der Waals surface area contributed by atoms with Crippen LogP contribution in [-0.2, 0) is 32.8 Å². The number of piperidine rings is 2. The zero-order chi connectivity index (χ0) is 53.2. The van der Waals surface area contributed by atoms with Crippen LogP contribution in [-0.4, -0.2) is 83.3 Å². The van der Waals surface area contributed by atoms with Gasteiger partial charge in [0, 0.05) is 88.9 Å². The zero-order valence-corrected chi connectivity index (χ0v) is 44.6. The number of ether oxygens (including phenoxy) is 2. The molecule has 0 unspecified atom stereocenters. The number of Topliss-reactive ketones (excluding diaryl/α,β-unsaturated/α-hetero) is 1. The number of carbonyl (C=O) groups excluding carboxylic acids is 1. The van der Waals surface area contributed by atoms with Gasteiger partial charge in [-0.1, -0.05) is 76.3 Å². The fourth-order valence-electron chi connectivity index (χ4n) is 11.6. The predicted octanol–water partition coefficient (Wildman–Crippen LogP) is 13.9. The second-order valence-corrected chi connectivity index (χ2v) is 23.9. The van der Waals surface area contributed by atoms with Crippen molar-refractivity contribution < 1.29 is 55.0 Å². The van der Waals surface area contributed by atoms with Crippen LogP contribution in [0, 0.1) is 23.5 Å². The molecule has 6 aliphatic rings. The lowest BCUT2D eigenvalue weighted by Crippen LogP contribution is -2.38. The molecule has 4 saturated carbocycles. The summed E-state index contributed by atoms with van der Waals surface area (Å²) < 4.78 is 84.1. The van der Waals surface area contributed by atoms with E-state index in [2.05, 4.69) is 20.1 Å². The van der Waals surface area contributed by atoms with Gasteiger partial charge in [0.05, 0.1) is 62.4 Å². The van der Waals surface area contributed by atoms with Gasteiger partial charge in [-0.15, -0.1) is 0 Å². The number of rotatable bonds is 18. The van der Waals surface area contributed by atoms with Gasteiger partial charge >= 0.3 is 5.97 Å². The Morgan fingerprint density at radius 1 is 0.662 bits per heavy atom. The number of carboxylic acids is 1. The molecule has 4 heterocycles. The third-order valence-electron chi connectivity index (χ3n) is 15.7. The highest BCUT2D eigenvalue weighted by atomic mass is 35.5. The lowest BCUT2D eigenvalue weighted by Gasteiger charge is -2.33. The summed E-state index contributed by atoms with van der Waals surface area (Å²) in [4.78, 5) is 27.8. The predicted molar refractivity (Wildman–Crippen MR) is 289 cm³/mol. The molecule has 21 heteroatoms. The summed E-state index contributed by atoms with van der Waals surface area (Å²) >= 11 is 25.9. The molecule has 2 saturated heterocycles. The third kappa shape index (κ3) is 11.7. The average molecular weight is 1160 g/mol. The summed E-state index contributed by atoms with van der Waals surface area (Å²) in [6, 6.07) is 20.0. The first-order valence-electron chi connectivity index (χ1n) is 25.4. The fourth-order valence-corrected chi connectivity index (χ4v) is 13.3. The summed E-state index contributed by atoms with van der Waals surface area (Å²) in [7, 11) is -4.16. The molecule has 77 heavy (non-hydrogen) atoms. The lowest BCUT2D eigenvalue weighted by molar-refractivity contribution is 0.0122. The molecule has 12 rings (SSSR count). The summed E-state index contributed by atoms with van der Waals surface area (Å²) in [5.41, 5.74) is 5.39. The van der Waals surface area contributed by atoms with Crippen LogP contribution in [0.2, 0.25) is 20.1 Å². The first-order valence-corrected chi connectivity index (χ1v) is 28.5. The van der Waals surface area contributed by atoms with E-state index in [4.69, 9.17) is 74.6 Å². The van der Waals surface area contributed by atoms with Gasteiger partial charge in [-0.25, -0.2) is 13.6 Å². The molecular weight excluding hydrogens is 1100 g/mol. The normalized spacial score (nSPS) is 22.3. The molecule has 6 atom stereocenters. The molecule has 0 spiro atoms. The standard InChI is InChI=1S/C29H29Cl2FN2O6S.C26H23Cl2FN2O4.CH4/c30-22-3-1-4-23(31)27(22)28-21(29(40-33-28)16-6-7-16)15-39-26-13-19-11-17(26)14-34(19)18-8-9-20(24(32)12-18)25(35)5-2-10-41(36,37)38;27-19-2-1-3-20(28)23(19)24-18(25(35-30-24)13-4-5-13)12-34-22-10-16-8-14(22)11-31(16)15-6-7-17(26(32)33)21(29)9-15;/h1,3-4,8-9,12,16-17,19,26H,2,5-7,10-11,13-15H2,(H,36,37,38);1-3,6-7,9,13-14,16,22H,4-5,8,10-12H2,(H,32,33);1H4/t17-,19-,26+;14-,16-,22+;/m00./s1. The quantitative estimate of drug-likeness (QED) is 0.0611. The van der Waals surface area contributed by atoms with Gasteiger partial charge in [0.15, 0.2) is 5.78 Å². The lowest BCUT2D eigenvalue weighted by atomic mass is 10.0. The first-order chi connectivity index (χ1) is 36.5.